The summed E-state index contributed by atoms with van der Waals surface area (Å²) in [5, 5.41) is 6.68. The number of anilines is 3. The van der Waals surface area contributed by atoms with Gasteiger partial charge in [-0.2, -0.15) is 0 Å². The second-order valence-electron chi connectivity index (χ2n) is 6.46. The highest BCUT2D eigenvalue weighted by Gasteiger charge is 2.22. The van der Waals surface area contributed by atoms with E-state index in [1.165, 1.54) is 0 Å². The van der Waals surface area contributed by atoms with Gasteiger partial charge in [0.25, 0.3) is 0 Å². The summed E-state index contributed by atoms with van der Waals surface area (Å²) in [7, 11) is 0. The van der Waals surface area contributed by atoms with Gasteiger partial charge >= 0.3 is 0 Å². The van der Waals surface area contributed by atoms with E-state index in [1.54, 1.807) is 24.8 Å². The molecule has 0 atom stereocenters. The Kier molecular flexibility index (Phi) is 5.59. The molecular formula is C18H25N5O. The first-order valence-corrected chi connectivity index (χ1v) is 8.60. The molecule has 0 aliphatic heterocycles. The Hall–Kier alpha value is -2.21. The van der Waals surface area contributed by atoms with Gasteiger partial charge in [0.15, 0.2) is 0 Å². The van der Waals surface area contributed by atoms with Gasteiger partial charge in [0.05, 0.1) is 30.3 Å². The minimum atomic E-state index is 0.309. The van der Waals surface area contributed by atoms with E-state index in [9.17, 15) is 0 Å². The van der Waals surface area contributed by atoms with Crippen LogP contribution in [0.5, 0.6) is 0 Å². The summed E-state index contributed by atoms with van der Waals surface area (Å²) in [4.78, 5) is 12.8. The van der Waals surface area contributed by atoms with Gasteiger partial charge in [0.1, 0.15) is 0 Å². The van der Waals surface area contributed by atoms with Gasteiger partial charge in [-0.1, -0.05) is 0 Å². The van der Waals surface area contributed by atoms with Crippen molar-refractivity contribution in [2.24, 2.45) is 0 Å². The average molecular weight is 327 g/mol. The fourth-order valence-electron chi connectivity index (χ4n) is 2.98. The molecule has 0 amide bonds. The molecule has 2 aromatic rings. The Bertz CT molecular complexity index is 609. The third-order valence-electron chi connectivity index (χ3n) is 4.09. The molecule has 0 radical (unpaired) electrons. The molecule has 0 spiro atoms. The lowest BCUT2D eigenvalue weighted by molar-refractivity contribution is -0.0133. The number of ether oxygens (including phenoxy) is 1. The van der Waals surface area contributed by atoms with Gasteiger partial charge in [-0.3, -0.25) is 4.98 Å². The molecule has 0 saturated heterocycles. The summed E-state index contributed by atoms with van der Waals surface area (Å²) in [6.07, 6.45) is 12.2. The molecule has 0 unspecified atom stereocenters. The quantitative estimate of drug-likeness (QED) is 0.841. The summed E-state index contributed by atoms with van der Waals surface area (Å²) in [5.41, 5.74) is 1.83. The van der Waals surface area contributed by atoms with Gasteiger partial charge in [-0.25, -0.2) is 9.97 Å². The Labute approximate surface area is 143 Å². The van der Waals surface area contributed by atoms with Crippen LogP contribution in [0.25, 0.3) is 0 Å². The molecule has 1 aliphatic carbocycles. The van der Waals surface area contributed by atoms with Crippen molar-refractivity contribution in [3.8, 4) is 0 Å². The van der Waals surface area contributed by atoms with Crippen LogP contribution in [0.3, 0.4) is 0 Å². The predicted molar refractivity (Wildman–Crippen MR) is 95.4 cm³/mol. The topological polar surface area (TPSA) is 72.0 Å². The fourth-order valence-corrected chi connectivity index (χ4v) is 2.98. The van der Waals surface area contributed by atoms with E-state index in [1.807, 2.05) is 12.1 Å². The lowest BCUT2D eigenvalue weighted by atomic mass is 9.93. The SMILES string of the molecule is CC(C)O[C@H]1CC[C@H](Nc2ncc(Nc3ccncc3)cn2)CC1. The van der Waals surface area contributed by atoms with E-state index in [-0.39, 0.29) is 0 Å². The zero-order valence-corrected chi connectivity index (χ0v) is 14.3. The zero-order chi connectivity index (χ0) is 16.8. The highest BCUT2D eigenvalue weighted by Crippen LogP contribution is 2.24. The van der Waals surface area contributed by atoms with E-state index in [4.69, 9.17) is 4.74 Å². The summed E-state index contributed by atoms with van der Waals surface area (Å²) in [5.74, 6) is 0.684. The van der Waals surface area contributed by atoms with Crippen molar-refractivity contribution in [1.82, 2.24) is 15.0 Å². The predicted octanol–water partition coefficient (Wildman–Crippen LogP) is 3.76. The maximum atomic E-state index is 5.89. The average Bonchev–Trinajstić information content (AvgIpc) is 2.59. The molecule has 2 N–H and O–H groups in total. The second kappa shape index (κ2) is 8.06. The summed E-state index contributed by atoms with van der Waals surface area (Å²) in [6.45, 7) is 4.19. The molecule has 24 heavy (non-hydrogen) atoms. The first kappa shape index (κ1) is 16.6. The number of hydrogen-bond acceptors (Lipinski definition) is 6. The largest absolute Gasteiger partial charge is 0.376 e. The minimum absolute atomic E-state index is 0.309. The molecule has 128 valence electrons. The van der Waals surface area contributed by atoms with Crippen LogP contribution >= 0.6 is 0 Å². The van der Waals surface area contributed by atoms with Gasteiger partial charge in [0, 0.05) is 24.1 Å². The molecule has 1 fully saturated rings. The molecule has 0 aromatic carbocycles. The van der Waals surface area contributed by atoms with Crippen LogP contribution in [-0.2, 0) is 4.74 Å². The highest BCUT2D eigenvalue weighted by molar-refractivity contribution is 5.57. The highest BCUT2D eigenvalue weighted by atomic mass is 16.5. The number of hydrogen-bond donors (Lipinski definition) is 2. The fraction of sp³-hybridized carbons (Fsp3) is 0.500. The summed E-state index contributed by atoms with van der Waals surface area (Å²) >= 11 is 0. The van der Waals surface area contributed by atoms with Gasteiger partial charge in [0.2, 0.25) is 5.95 Å². The zero-order valence-electron chi connectivity index (χ0n) is 14.3. The van der Waals surface area contributed by atoms with Crippen molar-refractivity contribution in [3.63, 3.8) is 0 Å². The second-order valence-corrected chi connectivity index (χ2v) is 6.46. The number of pyridine rings is 1. The van der Waals surface area contributed by atoms with Gasteiger partial charge < -0.3 is 15.4 Å². The van der Waals surface area contributed by atoms with E-state index >= 15 is 0 Å². The third-order valence-corrected chi connectivity index (χ3v) is 4.09. The Balaban J connectivity index is 1.48. The van der Waals surface area contributed by atoms with Crippen molar-refractivity contribution in [2.45, 2.75) is 57.8 Å². The molecule has 1 saturated carbocycles. The van der Waals surface area contributed by atoms with Crippen molar-refractivity contribution in [1.29, 1.82) is 0 Å². The van der Waals surface area contributed by atoms with Crippen molar-refractivity contribution >= 4 is 17.3 Å². The smallest absolute Gasteiger partial charge is 0.222 e. The first-order valence-electron chi connectivity index (χ1n) is 8.60. The van der Waals surface area contributed by atoms with E-state index in [0.717, 1.165) is 37.1 Å². The van der Waals surface area contributed by atoms with E-state index in [2.05, 4.69) is 39.4 Å². The number of aromatic nitrogens is 3. The maximum Gasteiger partial charge on any atom is 0.222 e. The van der Waals surface area contributed by atoms with Gasteiger partial charge in [-0.15, -0.1) is 0 Å². The first-order chi connectivity index (χ1) is 11.7. The Morgan fingerprint density at radius 3 is 2.29 bits per heavy atom. The standard InChI is InChI=1S/C18H25N5O/c1-13(2)24-17-5-3-14(4-6-17)23-18-20-11-16(12-21-18)22-15-7-9-19-10-8-15/h7-14,17H,3-6H2,1-2H3,(H,19,22)(H,20,21,23)/t14-,17-. The van der Waals surface area contributed by atoms with Crippen LogP contribution in [-0.4, -0.2) is 33.2 Å². The van der Waals surface area contributed by atoms with Crippen LogP contribution in [0, 0.1) is 0 Å². The normalized spacial score (nSPS) is 20.8. The van der Waals surface area contributed by atoms with Crippen LogP contribution in [0.1, 0.15) is 39.5 Å². The number of nitrogens with zero attached hydrogens (tertiary/aromatic N) is 3. The molecule has 0 bridgehead atoms. The van der Waals surface area contributed by atoms with Crippen LogP contribution < -0.4 is 10.6 Å². The Morgan fingerprint density at radius 1 is 1.00 bits per heavy atom. The lowest BCUT2D eigenvalue weighted by Gasteiger charge is -2.30. The molecule has 3 rings (SSSR count). The minimum Gasteiger partial charge on any atom is -0.376 e. The molecular weight excluding hydrogens is 302 g/mol. The third kappa shape index (κ3) is 4.89. The van der Waals surface area contributed by atoms with Crippen molar-refractivity contribution in [2.75, 3.05) is 10.6 Å². The van der Waals surface area contributed by atoms with Gasteiger partial charge in [-0.05, 0) is 51.7 Å². The molecule has 6 nitrogen and oxygen atoms in total. The monoisotopic (exact) mass is 327 g/mol. The van der Waals surface area contributed by atoms with E-state index < -0.39 is 0 Å². The van der Waals surface area contributed by atoms with Crippen LogP contribution in [0.2, 0.25) is 0 Å². The lowest BCUT2D eigenvalue weighted by Crippen LogP contribution is -2.31. The number of rotatable bonds is 6. The molecule has 2 heterocycles. The molecule has 6 heteroatoms. The maximum absolute atomic E-state index is 5.89. The summed E-state index contributed by atoms with van der Waals surface area (Å²) < 4.78 is 5.89. The molecule has 2 aromatic heterocycles. The van der Waals surface area contributed by atoms with Crippen molar-refractivity contribution in [3.05, 3.63) is 36.9 Å². The molecule has 1 aliphatic rings. The number of nitrogens with one attached hydrogen (secondary N) is 2. The van der Waals surface area contributed by atoms with E-state index in [0.29, 0.717) is 24.2 Å². The van der Waals surface area contributed by atoms with Crippen molar-refractivity contribution < 1.29 is 4.74 Å². The summed E-state index contributed by atoms with van der Waals surface area (Å²) in [6, 6.07) is 4.24. The Morgan fingerprint density at radius 2 is 1.67 bits per heavy atom. The van der Waals surface area contributed by atoms with Crippen LogP contribution in [0.4, 0.5) is 17.3 Å². The van der Waals surface area contributed by atoms with Crippen LogP contribution in [0.15, 0.2) is 36.9 Å².